The molecule has 0 spiro atoms. The van der Waals surface area contributed by atoms with Crippen molar-refractivity contribution in [2.45, 2.75) is 26.9 Å². The molecule has 2 N–H and O–H groups in total. The van der Waals surface area contributed by atoms with E-state index in [4.69, 9.17) is 9.73 Å². The van der Waals surface area contributed by atoms with Crippen LogP contribution < -0.4 is 20.3 Å². The van der Waals surface area contributed by atoms with Gasteiger partial charge in [-0.15, -0.1) is 24.0 Å². The number of guanidine groups is 1. The number of nitrogens with one attached hydrogen (secondary N) is 2. The second-order valence-corrected chi connectivity index (χ2v) is 7.68. The SMILES string of the molecule is CCNC(=NCc1ccnc(N2CCN(C)CC2)c1)NCc1ccc(C)cc1OC.I. The number of halogens is 1. The monoisotopic (exact) mass is 538 g/mol. The van der Waals surface area contributed by atoms with E-state index in [1.165, 1.54) is 5.56 Å². The number of anilines is 1. The van der Waals surface area contributed by atoms with E-state index in [-0.39, 0.29) is 24.0 Å². The summed E-state index contributed by atoms with van der Waals surface area (Å²) in [5.41, 5.74) is 3.45. The number of benzene rings is 1. The quantitative estimate of drug-likeness (QED) is 0.321. The van der Waals surface area contributed by atoms with Crippen molar-refractivity contribution < 1.29 is 4.74 Å². The molecule has 3 rings (SSSR count). The van der Waals surface area contributed by atoms with Gasteiger partial charge in [0.25, 0.3) is 0 Å². The topological polar surface area (TPSA) is 65.0 Å². The lowest BCUT2D eigenvalue weighted by atomic mass is 10.1. The number of rotatable bonds is 7. The van der Waals surface area contributed by atoms with Crippen molar-refractivity contribution in [3.63, 3.8) is 0 Å². The average molecular weight is 538 g/mol. The molecule has 0 aliphatic carbocycles. The van der Waals surface area contributed by atoms with Crippen LogP contribution >= 0.6 is 24.0 Å². The minimum Gasteiger partial charge on any atom is -0.496 e. The van der Waals surface area contributed by atoms with Gasteiger partial charge >= 0.3 is 0 Å². The van der Waals surface area contributed by atoms with Gasteiger partial charge in [0.1, 0.15) is 11.6 Å². The number of nitrogens with zero attached hydrogens (tertiary/aromatic N) is 4. The van der Waals surface area contributed by atoms with Crippen molar-refractivity contribution in [1.82, 2.24) is 20.5 Å². The number of likely N-dealkylation sites (N-methyl/N-ethyl adjacent to an activating group) is 1. The fourth-order valence-electron chi connectivity index (χ4n) is 3.46. The smallest absolute Gasteiger partial charge is 0.191 e. The number of hydrogen-bond acceptors (Lipinski definition) is 5. The van der Waals surface area contributed by atoms with E-state index in [0.29, 0.717) is 13.1 Å². The number of methoxy groups -OCH3 is 1. The number of ether oxygens (including phenoxy) is 1. The standard InChI is InChI=1S/C23H34N6O.HI/c1-5-24-23(27-17-20-7-6-18(2)14-21(20)30-4)26-16-19-8-9-25-22(15-19)29-12-10-28(3)11-13-29;/h6-9,14-15H,5,10-13,16-17H2,1-4H3,(H2,24,26,27);1H. The van der Waals surface area contributed by atoms with E-state index in [2.05, 4.69) is 70.6 Å². The molecule has 7 nitrogen and oxygen atoms in total. The molecule has 170 valence electrons. The van der Waals surface area contributed by atoms with Gasteiger partial charge in [-0.25, -0.2) is 9.98 Å². The summed E-state index contributed by atoms with van der Waals surface area (Å²) in [5, 5.41) is 6.73. The number of pyridine rings is 1. The molecule has 1 aliphatic heterocycles. The van der Waals surface area contributed by atoms with Crippen LogP contribution in [0, 0.1) is 6.92 Å². The summed E-state index contributed by atoms with van der Waals surface area (Å²) in [6.45, 7) is 10.4. The summed E-state index contributed by atoms with van der Waals surface area (Å²) in [6, 6.07) is 10.4. The van der Waals surface area contributed by atoms with Crippen molar-refractivity contribution >= 4 is 35.8 Å². The third-order valence-electron chi connectivity index (χ3n) is 5.29. The normalized spacial score (nSPS) is 14.7. The second-order valence-electron chi connectivity index (χ2n) is 7.68. The second kappa shape index (κ2) is 12.7. The number of hydrogen-bond donors (Lipinski definition) is 2. The molecule has 1 saturated heterocycles. The van der Waals surface area contributed by atoms with Gasteiger partial charge in [-0.3, -0.25) is 0 Å². The van der Waals surface area contributed by atoms with Crippen LogP contribution in [0.3, 0.4) is 0 Å². The first-order valence-corrected chi connectivity index (χ1v) is 10.6. The van der Waals surface area contributed by atoms with Gasteiger partial charge in [-0.1, -0.05) is 12.1 Å². The van der Waals surface area contributed by atoms with Gasteiger partial charge in [-0.2, -0.15) is 0 Å². The summed E-state index contributed by atoms with van der Waals surface area (Å²) in [6.07, 6.45) is 1.88. The zero-order valence-corrected chi connectivity index (χ0v) is 21.3. The highest BCUT2D eigenvalue weighted by molar-refractivity contribution is 14.0. The number of piperazine rings is 1. The summed E-state index contributed by atoms with van der Waals surface area (Å²) in [5.74, 6) is 2.72. The van der Waals surface area contributed by atoms with E-state index in [1.54, 1.807) is 7.11 Å². The zero-order valence-electron chi connectivity index (χ0n) is 19.0. The third-order valence-corrected chi connectivity index (χ3v) is 5.29. The Balaban J connectivity index is 0.00000341. The highest BCUT2D eigenvalue weighted by Gasteiger charge is 2.15. The molecule has 1 aromatic carbocycles. The van der Waals surface area contributed by atoms with Crippen molar-refractivity contribution in [2.24, 2.45) is 4.99 Å². The molecule has 0 radical (unpaired) electrons. The summed E-state index contributed by atoms with van der Waals surface area (Å²) in [4.78, 5) is 14.0. The molecule has 0 amide bonds. The van der Waals surface area contributed by atoms with Crippen LogP contribution in [0.4, 0.5) is 5.82 Å². The summed E-state index contributed by atoms with van der Waals surface area (Å²) >= 11 is 0. The molecule has 0 bridgehead atoms. The van der Waals surface area contributed by atoms with Crippen molar-refractivity contribution in [3.8, 4) is 5.75 Å². The molecule has 31 heavy (non-hydrogen) atoms. The largest absolute Gasteiger partial charge is 0.496 e. The zero-order chi connectivity index (χ0) is 21.3. The lowest BCUT2D eigenvalue weighted by Gasteiger charge is -2.33. The van der Waals surface area contributed by atoms with Crippen molar-refractivity contribution in [1.29, 1.82) is 0 Å². The molecule has 1 aliphatic rings. The van der Waals surface area contributed by atoms with E-state index in [9.17, 15) is 0 Å². The van der Waals surface area contributed by atoms with E-state index < -0.39 is 0 Å². The maximum Gasteiger partial charge on any atom is 0.191 e. The van der Waals surface area contributed by atoms with E-state index in [0.717, 1.165) is 61.4 Å². The van der Waals surface area contributed by atoms with Gasteiger partial charge in [-0.05, 0) is 50.2 Å². The Kier molecular flexibility index (Phi) is 10.3. The van der Waals surface area contributed by atoms with Gasteiger partial charge in [0.2, 0.25) is 0 Å². The molecule has 1 fully saturated rings. The third kappa shape index (κ3) is 7.53. The lowest BCUT2D eigenvalue weighted by Crippen LogP contribution is -2.44. The Morgan fingerprint density at radius 3 is 2.61 bits per heavy atom. The molecule has 8 heteroatoms. The van der Waals surface area contributed by atoms with E-state index >= 15 is 0 Å². The van der Waals surface area contributed by atoms with Gasteiger partial charge in [0.15, 0.2) is 5.96 Å². The molecule has 0 unspecified atom stereocenters. The molecule has 2 aromatic rings. The Bertz CT molecular complexity index is 852. The van der Waals surface area contributed by atoms with Crippen LogP contribution in [0.5, 0.6) is 5.75 Å². The lowest BCUT2D eigenvalue weighted by molar-refractivity contribution is 0.312. The Morgan fingerprint density at radius 1 is 1.13 bits per heavy atom. The molecule has 0 saturated carbocycles. The molecule has 1 aromatic heterocycles. The fraction of sp³-hybridized carbons (Fsp3) is 0.478. The predicted molar refractivity (Wildman–Crippen MR) is 139 cm³/mol. The number of aliphatic imine (C=N–C) groups is 1. The predicted octanol–water partition coefficient (Wildman–Crippen LogP) is 3.02. The van der Waals surface area contributed by atoms with Crippen LogP contribution in [0.2, 0.25) is 0 Å². The fourth-order valence-corrected chi connectivity index (χ4v) is 3.46. The van der Waals surface area contributed by atoms with Crippen LogP contribution in [0.15, 0.2) is 41.5 Å². The van der Waals surface area contributed by atoms with Crippen LogP contribution in [-0.2, 0) is 13.1 Å². The average Bonchev–Trinajstić information content (AvgIpc) is 2.77. The maximum atomic E-state index is 5.51. The Labute approximate surface area is 203 Å². The minimum absolute atomic E-state index is 0. The van der Waals surface area contributed by atoms with Crippen molar-refractivity contribution in [3.05, 3.63) is 53.2 Å². The van der Waals surface area contributed by atoms with Gasteiger partial charge < -0.3 is 25.2 Å². The first-order valence-electron chi connectivity index (χ1n) is 10.6. The highest BCUT2D eigenvalue weighted by Crippen LogP contribution is 2.19. The van der Waals surface area contributed by atoms with Gasteiger partial charge in [0.05, 0.1) is 13.7 Å². The molecular weight excluding hydrogens is 503 g/mol. The van der Waals surface area contributed by atoms with E-state index in [1.807, 2.05) is 12.3 Å². The van der Waals surface area contributed by atoms with Gasteiger partial charge in [0, 0.05) is 51.0 Å². The maximum absolute atomic E-state index is 5.51. The van der Waals surface area contributed by atoms with Crippen LogP contribution in [-0.4, -0.2) is 62.7 Å². The molecule has 2 heterocycles. The van der Waals surface area contributed by atoms with Crippen molar-refractivity contribution in [2.75, 3.05) is 51.8 Å². The molecular formula is C23H35IN6O. The summed E-state index contributed by atoms with van der Waals surface area (Å²) < 4.78 is 5.51. The number of aryl methyl sites for hydroxylation is 1. The Morgan fingerprint density at radius 2 is 1.90 bits per heavy atom. The minimum atomic E-state index is 0. The summed E-state index contributed by atoms with van der Waals surface area (Å²) in [7, 11) is 3.87. The Hall–Kier alpha value is -2.07. The van der Waals surface area contributed by atoms with Crippen LogP contribution in [0.1, 0.15) is 23.6 Å². The molecule has 0 atom stereocenters. The number of aromatic nitrogens is 1. The first-order chi connectivity index (χ1) is 14.6. The van der Waals surface area contributed by atoms with Crippen LogP contribution in [0.25, 0.3) is 0 Å². The highest BCUT2D eigenvalue weighted by atomic mass is 127. The first kappa shape index (κ1) is 25.2.